The highest BCUT2D eigenvalue weighted by Crippen LogP contribution is 2.17. The molecule has 0 aromatic heterocycles. The highest BCUT2D eigenvalue weighted by atomic mass is 79.9. The standard InChI is InChI=1S/C15H23BrN2O/c1-13-3-4-14(15(16)11-13)12-17-5-2-6-18-7-9-19-10-8-18/h3-4,11,17H,2,5-10,12H2,1H3. The molecule has 1 aliphatic rings. The normalized spacial score (nSPS) is 16.7. The topological polar surface area (TPSA) is 24.5 Å². The molecule has 0 aliphatic carbocycles. The second-order valence-corrected chi connectivity index (χ2v) is 5.93. The minimum absolute atomic E-state index is 0.893. The number of halogens is 1. The smallest absolute Gasteiger partial charge is 0.0594 e. The Morgan fingerprint density at radius 2 is 2.11 bits per heavy atom. The lowest BCUT2D eigenvalue weighted by molar-refractivity contribution is 0.0374. The molecule has 0 bridgehead atoms. The Morgan fingerprint density at radius 1 is 1.32 bits per heavy atom. The summed E-state index contributed by atoms with van der Waals surface area (Å²) < 4.78 is 6.55. The van der Waals surface area contributed by atoms with Gasteiger partial charge in [-0.1, -0.05) is 28.1 Å². The zero-order chi connectivity index (χ0) is 13.5. The Bertz CT molecular complexity index is 392. The average Bonchev–Trinajstić information content (AvgIpc) is 2.42. The molecule has 19 heavy (non-hydrogen) atoms. The van der Waals surface area contributed by atoms with Crippen molar-refractivity contribution in [2.45, 2.75) is 19.9 Å². The molecule has 0 saturated carbocycles. The van der Waals surface area contributed by atoms with Crippen molar-refractivity contribution in [3.05, 3.63) is 33.8 Å². The minimum Gasteiger partial charge on any atom is -0.379 e. The van der Waals surface area contributed by atoms with Gasteiger partial charge in [0.15, 0.2) is 0 Å². The first kappa shape index (κ1) is 15.0. The van der Waals surface area contributed by atoms with Crippen LogP contribution >= 0.6 is 15.9 Å². The first-order valence-corrected chi connectivity index (χ1v) is 7.81. The van der Waals surface area contributed by atoms with Crippen LogP contribution in [0.5, 0.6) is 0 Å². The van der Waals surface area contributed by atoms with E-state index in [0.717, 1.165) is 39.4 Å². The van der Waals surface area contributed by atoms with Gasteiger partial charge >= 0.3 is 0 Å². The van der Waals surface area contributed by atoms with E-state index in [1.54, 1.807) is 0 Å². The molecule has 1 N–H and O–H groups in total. The molecule has 3 nitrogen and oxygen atoms in total. The van der Waals surface area contributed by atoms with E-state index in [2.05, 4.69) is 51.3 Å². The van der Waals surface area contributed by atoms with E-state index in [-0.39, 0.29) is 0 Å². The molecule has 0 amide bonds. The average molecular weight is 327 g/mol. The summed E-state index contributed by atoms with van der Waals surface area (Å²) in [4.78, 5) is 2.48. The van der Waals surface area contributed by atoms with Crippen molar-refractivity contribution in [1.29, 1.82) is 0 Å². The molecule has 0 spiro atoms. The van der Waals surface area contributed by atoms with Crippen molar-refractivity contribution in [3.8, 4) is 0 Å². The second-order valence-electron chi connectivity index (χ2n) is 5.08. The van der Waals surface area contributed by atoms with Gasteiger partial charge in [-0.15, -0.1) is 0 Å². The van der Waals surface area contributed by atoms with Crippen LogP contribution in [-0.2, 0) is 11.3 Å². The molecule has 2 rings (SSSR count). The molecule has 1 fully saturated rings. The van der Waals surface area contributed by atoms with Crippen LogP contribution in [0, 0.1) is 6.92 Å². The maximum absolute atomic E-state index is 5.35. The molecule has 4 heteroatoms. The van der Waals surface area contributed by atoms with Gasteiger partial charge in [-0.05, 0) is 43.6 Å². The number of nitrogens with zero attached hydrogens (tertiary/aromatic N) is 1. The molecular formula is C15H23BrN2O. The Labute approximate surface area is 124 Å². The van der Waals surface area contributed by atoms with E-state index < -0.39 is 0 Å². The largest absolute Gasteiger partial charge is 0.379 e. The van der Waals surface area contributed by atoms with Gasteiger partial charge in [0.1, 0.15) is 0 Å². The minimum atomic E-state index is 0.893. The fourth-order valence-electron chi connectivity index (χ4n) is 2.27. The Balaban J connectivity index is 1.61. The molecule has 1 heterocycles. The van der Waals surface area contributed by atoms with E-state index in [1.807, 2.05) is 0 Å². The van der Waals surface area contributed by atoms with Gasteiger partial charge in [0.25, 0.3) is 0 Å². The van der Waals surface area contributed by atoms with Crippen molar-refractivity contribution < 1.29 is 4.74 Å². The van der Waals surface area contributed by atoms with Gasteiger partial charge in [0.05, 0.1) is 13.2 Å². The maximum atomic E-state index is 5.35. The molecule has 0 unspecified atom stereocenters. The number of hydrogen-bond acceptors (Lipinski definition) is 3. The molecule has 1 saturated heterocycles. The van der Waals surface area contributed by atoms with E-state index in [0.29, 0.717) is 0 Å². The first-order valence-electron chi connectivity index (χ1n) is 7.01. The Morgan fingerprint density at radius 3 is 2.84 bits per heavy atom. The van der Waals surface area contributed by atoms with E-state index in [4.69, 9.17) is 4.74 Å². The third-order valence-electron chi connectivity index (χ3n) is 3.46. The zero-order valence-electron chi connectivity index (χ0n) is 11.6. The van der Waals surface area contributed by atoms with Gasteiger partial charge in [-0.3, -0.25) is 4.90 Å². The predicted octanol–water partition coefficient (Wildman–Crippen LogP) is 2.57. The Kier molecular flexibility index (Phi) is 6.31. The number of hydrogen-bond donors (Lipinski definition) is 1. The molecule has 1 aliphatic heterocycles. The summed E-state index contributed by atoms with van der Waals surface area (Å²) in [7, 11) is 0. The van der Waals surface area contributed by atoms with Crippen LogP contribution in [0.25, 0.3) is 0 Å². The summed E-state index contributed by atoms with van der Waals surface area (Å²) in [5.41, 5.74) is 2.62. The summed E-state index contributed by atoms with van der Waals surface area (Å²) in [5, 5.41) is 3.51. The third kappa shape index (κ3) is 5.22. The number of benzene rings is 1. The molecule has 1 aromatic rings. The van der Waals surface area contributed by atoms with Gasteiger partial charge in [-0.2, -0.15) is 0 Å². The fraction of sp³-hybridized carbons (Fsp3) is 0.600. The molecule has 1 aromatic carbocycles. The SMILES string of the molecule is Cc1ccc(CNCCCN2CCOCC2)c(Br)c1. The van der Waals surface area contributed by atoms with E-state index in [9.17, 15) is 0 Å². The Hall–Kier alpha value is -0.420. The van der Waals surface area contributed by atoms with E-state index >= 15 is 0 Å². The van der Waals surface area contributed by atoms with E-state index in [1.165, 1.54) is 28.6 Å². The zero-order valence-corrected chi connectivity index (χ0v) is 13.2. The van der Waals surface area contributed by atoms with Gasteiger partial charge < -0.3 is 10.1 Å². The van der Waals surface area contributed by atoms with Crippen molar-refractivity contribution in [2.75, 3.05) is 39.4 Å². The number of aryl methyl sites for hydroxylation is 1. The van der Waals surface area contributed by atoms with Crippen molar-refractivity contribution in [2.24, 2.45) is 0 Å². The summed E-state index contributed by atoms with van der Waals surface area (Å²) in [6, 6.07) is 6.52. The van der Waals surface area contributed by atoms with Crippen LogP contribution in [0.3, 0.4) is 0 Å². The monoisotopic (exact) mass is 326 g/mol. The van der Waals surface area contributed by atoms with Crippen LogP contribution in [0.1, 0.15) is 17.5 Å². The lowest BCUT2D eigenvalue weighted by Crippen LogP contribution is -2.37. The van der Waals surface area contributed by atoms with Gasteiger partial charge in [-0.25, -0.2) is 0 Å². The summed E-state index contributed by atoms with van der Waals surface area (Å²) in [5.74, 6) is 0. The van der Waals surface area contributed by atoms with Crippen molar-refractivity contribution in [3.63, 3.8) is 0 Å². The van der Waals surface area contributed by atoms with Crippen LogP contribution in [0.4, 0.5) is 0 Å². The van der Waals surface area contributed by atoms with Crippen LogP contribution in [0.2, 0.25) is 0 Å². The third-order valence-corrected chi connectivity index (χ3v) is 4.19. The van der Waals surface area contributed by atoms with Gasteiger partial charge in [0, 0.05) is 24.1 Å². The number of nitrogens with one attached hydrogen (secondary N) is 1. The fourth-order valence-corrected chi connectivity index (χ4v) is 2.90. The maximum Gasteiger partial charge on any atom is 0.0594 e. The molecule has 0 radical (unpaired) electrons. The molecule has 106 valence electrons. The van der Waals surface area contributed by atoms with Crippen molar-refractivity contribution in [1.82, 2.24) is 10.2 Å². The highest BCUT2D eigenvalue weighted by molar-refractivity contribution is 9.10. The van der Waals surface area contributed by atoms with Gasteiger partial charge in [0.2, 0.25) is 0 Å². The number of ether oxygens (including phenoxy) is 1. The lowest BCUT2D eigenvalue weighted by atomic mass is 10.1. The summed E-state index contributed by atoms with van der Waals surface area (Å²) in [6.07, 6.45) is 1.20. The number of morpholine rings is 1. The summed E-state index contributed by atoms with van der Waals surface area (Å²) >= 11 is 3.62. The van der Waals surface area contributed by atoms with Crippen molar-refractivity contribution >= 4 is 15.9 Å². The summed E-state index contributed by atoms with van der Waals surface area (Å²) in [6.45, 7) is 9.25. The first-order chi connectivity index (χ1) is 9.25. The van der Waals surface area contributed by atoms with Crippen LogP contribution < -0.4 is 5.32 Å². The quantitative estimate of drug-likeness (QED) is 0.813. The predicted molar refractivity (Wildman–Crippen MR) is 82.5 cm³/mol. The highest BCUT2D eigenvalue weighted by Gasteiger charge is 2.08. The van der Waals surface area contributed by atoms with Crippen LogP contribution in [0.15, 0.2) is 22.7 Å². The molecular weight excluding hydrogens is 304 g/mol. The second kappa shape index (κ2) is 8.00. The lowest BCUT2D eigenvalue weighted by Gasteiger charge is -2.26. The molecule has 0 atom stereocenters. The number of rotatable bonds is 6. The van der Waals surface area contributed by atoms with Crippen LogP contribution in [-0.4, -0.2) is 44.3 Å².